The van der Waals surface area contributed by atoms with Gasteiger partial charge in [-0.2, -0.15) is 0 Å². The van der Waals surface area contributed by atoms with Crippen molar-refractivity contribution < 1.29 is 13.2 Å². The molecular weight excluding hydrogens is 398 g/mol. The normalized spacial score (nSPS) is 11.0. The highest BCUT2D eigenvalue weighted by atomic mass is 32.2. The van der Waals surface area contributed by atoms with E-state index in [2.05, 4.69) is 14.7 Å². The van der Waals surface area contributed by atoms with Gasteiger partial charge in [0.15, 0.2) is 5.82 Å². The third-order valence-electron chi connectivity index (χ3n) is 4.46. The van der Waals surface area contributed by atoms with Crippen LogP contribution in [-0.4, -0.2) is 25.5 Å². The number of ether oxygens (including phenoxy) is 1. The molecule has 0 amide bonds. The smallest absolute Gasteiger partial charge is 0.263 e. The molecule has 1 heterocycles. The summed E-state index contributed by atoms with van der Waals surface area (Å²) < 4.78 is 33.5. The Morgan fingerprint density at radius 1 is 0.833 bits per heavy atom. The van der Waals surface area contributed by atoms with E-state index in [1.54, 1.807) is 43.5 Å². The van der Waals surface area contributed by atoms with Crippen LogP contribution in [0.1, 0.15) is 18.7 Å². The van der Waals surface area contributed by atoms with E-state index in [-0.39, 0.29) is 18.1 Å². The van der Waals surface area contributed by atoms with Crippen molar-refractivity contribution in [2.24, 2.45) is 0 Å². The van der Waals surface area contributed by atoms with Gasteiger partial charge in [0.25, 0.3) is 10.0 Å². The molecule has 0 fully saturated rings. The number of methoxy groups -OCH3 is 1. The molecule has 6 nitrogen and oxygen atoms in total. The van der Waals surface area contributed by atoms with E-state index in [0.29, 0.717) is 23.1 Å². The highest BCUT2D eigenvalue weighted by Gasteiger charge is 2.18. The van der Waals surface area contributed by atoms with Crippen molar-refractivity contribution in [2.75, 3.05) is 11.8 Å². The second kappa shape index (κ2) is 8.92. The van der Waals surface area contributed by atoms with Crippen LogP contribution < -0.4 is 9.46 Å². The monoisotopic (exact) mass is 421 g/mol. The molecule has 1 N–H and O–H groups in total. The van der Waals surface area contributed by atoms with E-state index in [1.807, 2.05) is 42.5 Å². The van der Waals surface area contributed by atoms with Gasteiger partial charge in [0.1, 0.15) is 5.75 Å². The molecular formula is C23H23N3O3S. The summed E-state index contributed by atoms with van der Waals surface area (Å²) in [6.07, 6.45) is 0.425. The maximum Gasteiger partial charge on any atom is 0.263 e. The Bertz CT molecular complexity index is 1240. The van der Waals surface area contributed by atoms with Gasteiger partial charge in [-0.05, 0) is 42.0 Å². The zero-order valence-electron chi connectivity index (χ0n) is 15.7. The van der Waals surface area contributed by atoms with Crippen LogP contribution in [0.5, 0.6) is 5.75 Å². The molecule has 1 aromatic heterocycles. The topological polar surface area (TPSA) is 81.2 Å². The van der Waals surface area contributed by atoms with Crippen molar-refractivity contribution in [3.63, 3.8) is 0 Å². The summed E-state index contributed by atoms with van der Waals surface area (Å²) in [5, 5.41) is 0. The molecule has 0 unspecified atom stereocenters. The van der Waals surface area contributed by atoms with Crippen LogP contribution in [-0.2, 0) is 16.4 Å². The number of sulfonamides is 1. The first-order valence-corrected chi connectivity index (χ1v) is 10.5. The Morgan fingerprint density at radius 2 is 1.43 bits per heavy atom. The van der Waals surface area contributed by atoms with E-state index in [4.69, 9.17) is 4.74 Å². The Balaban J connectivity index is 0.00000256. The van der Waals surface area contributed by atoms with Gasteiger partial charge in [-0.3, -0.25) is 4.72 Å². The van der Waals surface area contributed by atoms with Crippen LogP contribution in [0.4, 0.5) is 5.82 Å². The average molecular weight is 422 g/mol. The SMILES string of the molecule is C.COc1ccc(Cc2nc3ccccc3nc2NS(=O)(=O)c2ccccc2)cc1. The van der Waals surface area contributed by atoms with Crippen molar-refractivity contribution >= 4 is 26.9 Å². The molecule has 0 radical (unpaired) electrons. The number of benzene rings is 3. The Morgan fingerprint density at radius 3 is 2.07 bits per heavy atom. The third-order valence-corrected chi connectivity index (χ3v) is 5.81. The van der Waals surface area contributed by atoms with Crippen molar-refractivity contribution in [1.29, 1.82) is 0 Å². The standard InChI is InChI=1S/C22H19N3O3S.CH4/c1-28-17-13-11-16(12-14-17)15-21-22(24-20-10-6-5-9-19(20)23-21)25-29(26,27)18-7-3-2-4-8-18;/h2-14H,15H2,1H3,(H,24,25);1H4. The summed E-state index contributed by atoms with van der Waals surface area (Å²) in [7, 11) is -2.17. The second-order valence-electron chi connectivity index (χ2n) is 6.45. The number of rotatable bonds is 6. The summed E-state index contributed by atoms with van der Waals surface area (Å²) in [4.78, 5) is 9.38. The highest BCUT2D eigenvalue weighted by Crippen LogP contribution is 2.23. The van der Waals surface area contributed by atoms with Gasteiger partial charge in [-0.1, -0.05) is 49.9 Å². The molecule has 7 heteroatoms. The molecule has 0 spiro atoms. The van der Waals surface area contributed by atoms with E-state index in [1.165, 1.54) is 0 Å². The Hall–Kier alpha value is -3.45. The maximum atomic E-state index is 12.8. The molecule has 0 atom stereocenters. The number of aromatic nitrogens is 2. The van der Waals surface area contributed by atoms with Gasteiger partial charge < -0.3 is 4.74 Å². The lowest BCUT2D eigenvalue weighted by atomic mass is 10.1. The summed E-state index contributed by atoms with van der Waals surface area (Å²) >= 11 is 0. The maximum absolute atomic E-state index is 12.8. The first kappa shape index (κ1) is 21.3. The first-order valence-electron chi connectivity index (χ1n) is 9.01. The molecule has 0 aliphatic heterocycles. The van der Waals surface area contributed by atoms with E-state index in [0.717, 1.165) is 11.3 Å². The fourth-order valence-corrected chi connectivity index (χ4v) is 4.02. The molecule has 3 aromatic carbocycles. The van der Waals surface area contributed by atoms with Crippen molar-refractivity contribution in [3.8, 4) is 5.75 Å². The van der Waals surface area contributed by atoms with Crippen LogP contribution in [0, 0.1) is 0 Å². The summed E-state index contributed by atoms with van der Waals surface area (Å²) in [5.74, 6) is 0.978. The molecule has 0 aliphatic carbocycles. The van der Waals surface area contributed by atoms with Crippen molar-refractivity contribution in [1.82, 2.24) is 9.97 Å². The lowest BCUT2D eigenvalue weighted by molar-refractivity contribution is 0.414. The molecule has 0 bridgehead atoms. The van der Waals surface area contributed by atoms with Crippen LogP contribution in [0.15, 0.2) is 83.8 Å². The number of fused-ring (bicyclic) bond motifs is 1. The van der Waals surface area contributed by atoms with Crippen molar-refractivity contribution in [3.05, 3.63) is 90.1 Å². The highest BCUT2D eigenvalue weighted by molar-refractivity contribution is 7.92. The Labute approximate surface area is 176 Å². The minimum Gasteiger partial charge on any atom is -0.497 e. The predicted octanol–water partition coefficient (Wildman–Crippen LogP) is 4.67. The Kier molecular flexibility index (Phi) is 6.32. The van der Waals surface area contributed by atoms with Gasteiger partial charge in [-0.15, -0.1) is 0 Å². The number of hydrogen-bond acceptors (Lipinski definition) is 5. The fraction of sp³-hybridized carbons (Fsp3) is 0.130. The summed E-state index contributed by atoms with van der Waals surface area (Å²) in [6, 6.07) is 23.2. The zero-order valence-corrected chi connectivity index (χ0v) is 16.6. The molecule has 4 aromatic rings. The van der Waals surface area contributed by atoms with Gasteiger partial charge in [0, 0.05) is 6.42 Å². The van der Waals surface area contributed by atoms with Crippen LogP contribution in [0.3, 0.4) is 0 Å². The van der Waals surface area contributed by atoms with Crippen molar-refractivity contribution in [2.45, 2.75) is 18.7 Å². The second-order valence-corrected chi connectivity index (χ2v) is 8.13. The lowest BCUT2D eigenvalue weighted by Gasteiger charge is -2.13. The summed E-state index contributed by atoms with van der Waals surface area (Å²) in [5.41, 5.74) is 2.85. The largest absolute Gasteiger partial charge is 0.497 e. The van der Waals surface area contributed by atoms with Gasteiger partial charge in [-0.25, -0.2) is 18.4 Å². The van der Waals surface area contributed by atoms with Gasteiger partial charge in [0.05, 0.1) is 28.7 Å². The molecule has 30 heavy (non-hydrogen) atoms. The molecule has 0 saturated carbocycles. The predicted molar refractivity (Wildman–Crippen MR) is 119 cm³/mol. The van der Waals surface area contributed by atoms with E-state index in [9.17, 15) is 8.42 Å². The minimum absolute atomic E-state index is 0. The molecule has 4 rings (SSSR count). The van der Waals surface area contributed by atoms with Crippen LogP contribution in [0.25, 0.3) is 11.0 Å². The first-order chi connectivity index (χ1) is 14.0. The third kappa shape index (κ3) is 4.58. The number of nitrogens with one attached hydrogen (secondary N) is 1. The van der Waals surface area contributed by atoms with E-state index >= 15 is 0 Å². The number of para-hydroxylation sites is 2. The van der Waals surface area contributed by atoms with E-state index < -0.39 is 10.0 Å². The zero-order chi connectivity index (χ0) is 20.3. The molecule has 0 aliphatic rings. The lowest BCUT2D eigenvalue weighted by Crippen LogP contribution is -2.16. The quantitative estimate of drug-likeness (QED) is 0.489. The number of anilines is 1. The van der Waals surface area contributed by atoms with Gasteiger partial charge >= 0.3 is 0 Å². The van der Waals surface area contributed by atoms with Gasteiger partial charge in [0.2, 0.25) is 0 Å². The van der Waals surface area contributed by atoms with Crippen LogP contribution in [0.2, 0.25) is 0 Å². The number of nitrogens with zero attached hydrogens (tertiary/aromatic N) is 2. The fourth-order valence-electron chi connectivity index (χ4n) is 2.96. The van der Waals surface area contributed by atoms with Crippen LogP contribution >= 0.6 is 0 Å². The number of hydrogen-bond donors (Lipinski definition) is 1. The minimum atomic E-state index is -3.78. The molecule has 0 saturated heterocycles. The average Bonchev–Trinajstić information content (AvgIpc) is 2.75. The summed E-state index contributed by atoms with van der Waals surface area (Å²) in [6.45, 7) is 0. The molecule has 154 valence electrons.